The normalized spacial score (nSPS) is 11.0. The average Bonchev–Trinajstić information content (AvgIpc) is 3.21. The van der Waals surface area contributed by atoms with Crippen LogP contribution in [0, 0.1) is 50.4 Å². The van der Waals surface area contributed by atoms with Gasteiger partial charge < -0.3 is 9.80 Å². The van der Waals surface area contributed by atoms with Crippen molar-refractivity contribution in [3.05, 3.63) is 185 Å². The maximum atomic E-state index is 9.98. The second-order valence-electron chi connectivity index (χ2n) is 14.5. The van der Waals surface area contributed by atoms with Gasteiger partial charge in [0.15, 0.2) is 0 Å². The van der Waals surface area contributed by atoms with Crippen LogP contribution in [0.4, 0.5) is 34.1 Å². The number of fused-ring (bicyclic) bond motifs is 5. The second-order valence-corrected chi connectivity index (χ2v) is 14.5. The molecule has 0 bridgehead atoms. The van der Waals surface area contributed by atoms with Crippen LogP contribution in [0.25, 0.3) is 37.9 Å². The minimum Gasteiger partial charge on any atom is -0.310 e. The summed E-state index contributed by atoms with van der Waals surface area (Å²) in [5.41, 5.74) is 14.0. The lowest BCUT2D eigenvalue weighted by molar-refractivity contribution is 1.26. The van der Waals surface area contributed by atoms with E-state index < -0.39 is 0 Å². The van der Waals surface area contributed by atoms with Gasteiger partial charge in [0.1, 0.15) is 0 Å². The number of nitriles is 2. The van der Waals surface area contributed by atoms with E-state index in [1.807, 2.05) is 43.3 Å². The van der Waals surface area contributed by atoms with Crippen LogP contribution in [0.15, 0.2) is 146 Å². The van der Waals surface area contributed by atoms with Gasteiger partial charge in [-0.1, -0.05) is 72.8 Å². The average molecular weight is 709 g/mol. The zero-order valence-electron chi connectivity index (χ0n) is 31.8. The van der Waals surface area contributed by atoms with Gasteiger partial charge in [-0.2, -0.15) is 10.5 Å². The zero-order chi connectivity index (χ0) is 38.4. The molecule has 0 amide bonds. The van der Waals surface area contributed by atoms with Crippen molar-refractivity contribution in [2.24, 2.45) is 0 Å². The predicted molar refractivity (Wildman–Crippen MR) is 231 cm³/mol. The van der Waals surface area contributed by atoms with E-state index in [1.165, 1.54) is 22.3 Å². The van der Waals surface area contributed by atoms with E-state index in [0.717, 1.165) is 77.6 Å². The molecular formula is C51H40N4. The molecule has 8 rings (SSSR count). The van der Waals surface area contributed by atoms with Gasteiger partial charge in [0.05, 0.1) is 34.6 Å². The highest BCUT2D eigenvalue weighted by Crippen LogP contribution is 2.48. The fourth-order valence-corrected chi connectivity index (χ4v) is 7.61. The van der Waals surface area contributed by atoms with Crippen LogP contribution in [0.3, 0.4) is 0 Å². The zero-order valence-corrected chi connectivity index (χ0v) is 31.8. The Labute approximate surface area is 323 Å². The molecule has 0 radical (unpaired) electrons. The number of nitrogens with zero attached hydrogens (tertiary/aromatic N) is 4. The van der Waals surface area contributed by atoms with Crippen LogP contribution in [0.1, 0.15) is 45.9 Å². The molecule has 8 aromatic carbocycles. The van der Waals surface area contributed by atoms with Gasteiger partial charge in [-0.3, -0.25) is 0 Å². The van der Waals surface area contributed by atoms with E-state index in [4.69, 9.17) is 0 Å². The van der Waals surface area contributed by atoms with Crippen molar-refractivity contribution in [2.45, 2.75) is 34.6 Å². The van der Waals surface area contributed by atoms with E-state index in [2.05, 4.69) is 159 Å². The molecule has 0 aliphatic heterocycles. The minimum atomic E-state index is 0.600. The Bertz CT molecular complexity index is 2940. The van der Waals surface area contributed by atoms with Crippen LogP contribution in [0.5, 0.6) is 0 Å². The first-order valence-corrected chi connectivity index (χ1v) is 18.5. The Morgan fingerprint density at radius 3 is 1.38 bits per heavy atom. The summed E-state index contributed by atoms with van der Waals surface area (Å²) in [5, 5.41) is 26.5. The molecule has 4 nitrogen and oxygen atoms in total. The summed E-state index contributed by atoms with van der Waals surface area (Å²) < 4.78 is 0. The van der Waals surface area contributed by atoms with Gasteiger partial charge in [-0.15, -0.1) is 0 Å². The van der Waals surface area contributed by atoms with E-state index in [9.17, 15) is 10.5 Å². The third kappa shape index (κ3) is 6.25. The molecule has 0 spiro atoms. The molecule has 264 valence electrons. The third-order valence-electron chi connectivity index (χ3n) is 10.9. The first-order valence-electron chi connectivity index (χ1n) is 18.5. The lowest BCUT2D eigenvalue weighted by atomic mass is 9.91. The molecule has 8 aromatic rings. The van der Waals surface area contributed by atoms with E-state index in [-0.39, 0.29) is 0 Å². The molecule has 0 aromatic heterocycles. The van der Waals surface area contributed by atoms with Crippen LogP contribution in [0.2, 0.25) is 0 Å². The molecule has 0 fully saturated rings. The molecule has 0 N–H and O–H groups in total. The highest BCUT2D eigenvalue weighted by molar-refractivity contribution is 6.25. The number of hydrogen-bond donors (Lipinski definition) is 0. The molecule has 0 unspecified atom stereocenters. The number of rotatable bonds is 7. The summed E-state index contributed by atoms with van der Waals surface area (Å²) >= 11 is 0. The molecular weight excluding hydrogens is 669 g/mol. The molecule has 0 saturated carbocycles. The highest BCUT2D eigenvalue weighted by Gasteiger charge is 2.23. The van der Waals surface area contributed by atoms with Gasteiger partial charge in [0.2, 0.25) is 0 Å². The van der Waals surface area contributed by atoms with Gasteiger partial charge in [-0.25, -0.2) is 0 Å². The topological polar surface area (TPSA) is 54.1 Å². The van der Waals surface area contributed by atoms with Crippen LogP contribution in [-0.2, 0) is 0 Å². The largest absolute Gasteiger partial charge is 0.310 e. The maximum absolute atomic E-state index is 9.98. The number of hydrogen-bond acceptors (Lipinski definition) is 4. The Kier molecular flexibility index (Phi) is 8.90. The van der Waals surface area contributed by atoms with Crippen LogP contribution >= 0.6 is 0 Å². The predicted octanol–water partition coefficient (Wildman–Crippen LogP) is 14.1. The van der Waals surface area contributed by atoms with Crippen molar-refractivity contribution in [1.29, 1.82) is 10.5 Å². The number of anilines is 6. The highest BCUT2D eigenvalue weighted by atomic mass is 15.2. The summed E-state index contributed by atoms with van der Waals surface area (Å²) in [7, 11) is 0. The first-order chi connectivity index (χ1) is 26.6. The standard InChI is InChI=1S/C51H40N4/c1-32(2)39-19-22-46-47(27-39)49-29-50(54(40-13-9-11-37(25-40)30-52)42-20-17-33(3)35(5)23-42)45-16-8-7-15-44(45)48(49)28-51(46)55(41-14-10-12-38(26-41)31-53)43-21-18-34(4)36(6)24-43/h7-29H,1H2,2-6H3. The molecule has 4 heteroatoms. The monoisotopic (exact) mass is 708 g/mol. The van der Waals surface area contributed by atoms with E-state index in [0.29, 0.717) is 11.1 Å². The van der Waals surface area contributed by atoms with Crippen LogP contribution in [-0.4, -0.2) is 0 Å². The molecule has 0 aliphatic carbocycles. The number of aryl methyl sites for hydroxylation is 4. The molecule has 0 aliphatic rings. The Hall–Kier alpha value is -7.14. The van der Waals surface area contributed by atoms with Gasteiger partial charge in [-0.05, 0) is 163 Å². The fraction of sp³-hybridized carbons (Fsp3) is 0.0980. The minimum absolute atomic E-state index is 0.600. The molecule has 0 saturated heterocycles. The SMILES string of the molecule is C=C(C)c1ccc2c(N(c3cccc(C#N)c3)c3ccc(C)c(C)c3)cc3c4ccccc4c(N(c4cccc(C#N)c4)c4ccc(C)c(C)c4)cc3c2c1. The summed E-state index contributed by atoms with van der Waals surface area (Å²) in [6.45, 7) is 14.9. The smallest absolute Gasteiger partial charge is 0.0992 e. The third-order valence-corrected chi connectivity index (χ3v) is 10.9. The van der Waals surface area contributed by atoms with E-state index >= 15 is 0 Å². The maximum Gasteiger partial charge on any atom is 0.0992 e. The lowest BCUT2D eigenvalue weighted by Crippen LogP contribution is -2.12. The summed E-state index contributed by atoms with van der Waals surface area (Å²) in [6, 6.07) is 53.4. The van der Waals surface area contributed by atoms with Crippen LogP contribution < -0.4 is 9.80 Å². The van der Waals surface area contributed by atoms with Gasteiger partial charge >= 0.3 is 0 Å². The van der Waals surface area contributed by atoms with Gasteiger partial charge in [0.25, 0.3) is 0 Å². The number of benzene rings is 8. The summed E-state index contributed by atoms with van der Waals surface area (Å²) in [5.74, 6) is 0. The summed E-state index contributed by atoms with van der Waals surface area (Å²) in [6.07, 6.45) is 0. The van der Waals surface area contributed by atoms with Crippen molar-refractivity contribution in [2.75, 3.05) is 9.80 Å². The van der Waals surface area contributed by atoms with Crippen molar-refractivity contribution in [1.82, 2.24) is 0 Å². The van der Waals surface area contributed by atoms with Crippen molar-refractivity contribution >= 4 is 72.0 Å². The lowest BCUT2D eigenvalue weighted by Gasteiger charge is -2.30. The first kappa shape index (κ1) is 34.9. The second kappa shape index (κ2) is 14.0. The quantitative estimate of drug-likeness (QED) is 0.155. The Balaban J connectivity index is 1.52. The fourth-order valence-electron chi connectivity index (χ4n) is 7.61. The Morgan fingerprint density at radius 1 is 0.436 bits per heavy atom. The molecule has 55 heavy (non-hydrogen) atoms. The molecule has 0 heterocycles. The van der Waals surface area contributed by atoms with Crippen molar-refractivity contribution in [3.63, 3.8) is 0 Å². The van der Waals surface area contributed by atoms with Crippen molar-refractivity contribution < 1.29 is 0 Å². The van der Waals surface area contributed by atoms with Crippen molar-refractivity contribution in [3.8, 4) is 12.1 Å². The number of allylic oxidation sites excluding steroid dienone is 1. The summed E-state index contributed by atoms with van der Waals surface area (Å²) in [4.78, 5) is 4.57. The van der Waals surface area contributed by atoms with Gasteiger partial charge in [0, 0.05) is 33.5 Å². The van der Waals surface area contributed by atoms with E-state index in [1.54, 1.807) is 0 Å². The molecule has 0 atom stereocenters. The Morgan fingerprint density at radius 2 is 0.891 bits per heavy atom.